The summed E-state index contributed by atoms with van der Waals surface area (Å²) in [6, 6.07) is 6.06. The molecule has 1 aliphatic heterocycles. The van der Waals surface area contributed by atoms with E-state index in [-0.39, 0.29) is 12.4 Å². The molecule has 0 amide bonds. The molecule has 6 heteroatoms. The highest BCUT2D eigenvalue weighted by atomic mass is 35.5. The van der Waals surface area contributed by atoms with Gasteiger partial charge in [-0.05, 0) is 30.7 Å². The molecular weight excluding hydrogens is 278 g/mol. The first-order valence-corrected chi connectivity index (χ1v) is 6.47. The van der Waals surface area contributed by atoms with Gasteiger partial charge in [0.1, 0.15) is 0 Å². The molecule has 0 bridgehead atoms. The summed E-state index contributed by atoms with van der Waals surface area (Å²) in [6.07, 6.45) is 6.72. The summed E-state index contributed by atoms with van der Waals surface area (Å²) >= 11 is 0. The van der Waals surface area contributed by atoms with E-state index in [1.54, 1.807) is 6.20 Å². The maximum absolute atomic E-state index is 5.36. The Kier molecular flexibility index (Phi) is 5.26. The molecule has 0 radical (unpaired) electrons. The molecule has 2 heterocycles. The molecule has 2 aromatic rings. The molecule has 0 fully saturated rings. The van der Waals surface area contributed by atoms with Crippen molar-refractivity contribution in [3.8, 4) is 11.5 Å². The summed E-state index contributed by atoms with van der Waals surface area (Å²) in [7, 11) is 0. The fourth-order valence-electron chi connectivity index (χ4n) is 2.09. The van der Waals surface area contributed by atoms with Crippen molar-refractivity contribution in [3.05, 3.63) is 42.5 Å². The van der Waals surface area contributed by atoms with Gasteiger partial charge in [-0.25, -0.2) is 4.98 Å². The van der Waals surface area contributed by atoms with Gasteiger partial charge in [-0.1, -0.05) is 6.07 Å². The first-order chi connectivity index (χ1) is 9.42. The Bertz CT molecular complexity index is 531. The van der Waals surface area contributed by atoms with Crippen molar-refractivity contribution >= 4 is 12.4 Å². The number of benzene rings is 1. The molecule has 1 aromatic heterocycles. The number of ether oxygens (including phenoxy) is 2. The summed E-state index contributed by atoms with van der Waals surface area (Å²) in [5.41, 5.74) is 1.21. The standard InChI is InChI=1S/C14H17N3O2.ClH/c1(6-17-7-5-16-10-17)4-15-9-12-2-3-13-14(8-12)19-11-18-13;/h2-3,5,7-8,10,15H,1,4,6,9,11H2;1H. The normalized spacial score (nSPS) is 12.2. The molecule has 5 nitrogen and oxygen atoms in total. The molecule has 3 rings (SSSR count). The van der Waals surface area contributed by atoms with E-state index in [0.29, 0.717) is 6.79 Å². The van der Waals surface area contributed by atoms with Crippen molar-refractivity contribution in [1.82, 2.24) is 14.9 Å². The molecule has 0 unspecified atom stereocenters. The average molecular weight is 296 g/mol. The lowest BCUT2D eigenvalue weighted by Gasteiger charge is -2.06. The van der Waals surface area contributed by atoms with Crippen LogP contribution in [0.5, 0.6) is 11.5 Å². The zero-order chi connectivity index (χ0) is 12.9. The van der Waals surface area contributed by atoms with Crippen LogP contribution in [0.1, 0.15) is 12.0 Å². The van der Waals surface area contributed by atoms with Gasteiger partial charge in [-0.2, -0.15) is 0 Å². The Labute approximate surface area is 124 Å². The monoisotopic (exact) mass is 295 g/mol. The van der Waals surface area contributed by atoms with Crippen LogP contribution in [0, 0.1) is 0 Å². The Morgan fingerprint density at radius 1 is 1.25 bits per heavy atom. The van der Waals surface area contributed by atoms with Gasteiger partial charge in [0.25, 0.3) is 0 Å². The smallest absolute Gasteiger partial charge is 0.231 e. The minimum Gasteiger partial charge on any atom is -0.454 e. The van der Waals surface area contributed by atoms with E-state index in [9.17, 15) is 0 Å². The van der Waals surface area contributed by atoms with Crippen LogP contribution in [0.25, 0.3) is 0 Å². The maximum atomic E-state index is 5.36. The van der Waals surface area contributed by atoms with Crippen LogP contribution in [0.2, 0.25) is 0 Å². The molecule has 0 aliphatic carbocycles. The maximum Gasteiger partial charge on any atom is 0.231 e. The molecule has 108 valence electrons. The minimum absolute atomic E-state index is 0. The zero-order valence-corrected chi connectivity index (χ0v) is 11.9. The molecule has 0 saturated carbocycles. The number of nitrogens with zero attached hydrogens (tertiary/aromatic N) is 2. The van der Waals surface area contributed by atoms with Crippen molar-refractivity contribution in [2.24, 2.45) is 0 Å². The van der Waals surface area contributed by atoms with Gasteiger partial charge in [-0.3, -0.25) is 0 Å². The van der Waals surface area contributed by atoms with E-state index in [0.717, 1.165) is 37.6 Å². The molecule has 1 aliphatic rings. The second-order valence-electron chi connectivity index (χ2n) is 4.52. The third kappa shape index (κ3) is 3.65. The first-order valence-electron chi connectivity index (χ1n) is 6.47. The summed E-state index contributed by atoms with van der Waals surface area (Å²) in [5, 5.41) is 3.43. The molecule has 0 spiro atoms. The van der Waals surface area contributed by atoms with Crippen molar-refractivity contribution in [3.63, 3.8) is 0 Å². The largest absolute Gasteiger partial charge is 0.454 e. The number of aryl methyl sites for hydroxylation is 1. The van der Waals surface area contributed by atoms with E-state index >= 15 is 0 Å². The second kappa shape index (κ2) is 7.17. The van der Waals surface area contributed by atoms with E-state index < -0.39 is 0 Å². The van der Waals surface area contributed by atoms with E-state index in [1.807, 2.05) is 24.7 Å². The van der Waals surface area contributed by atoms with Crippen LogP contribution in [0.15, 0.2) is 36.9 Å². The van der Waals surface area contributed by atoms with E-state index in [4.69, 9.17) is 9.47 Å². The van der Waals surface area contributed by atoms with E-state index in [2.05, 4.69) is 20.9 Å². The minimum atomic E-state index is 0. The lowest BCUT2D eigenvalue weighted by molar-refractivity contribution is 0.174. The fraction of sp³-hybridized carbons (Fsp3) is 0.357. The van der Waals surface area contributed by atoms with Gasteiger partial charge >= 0.3 is 0 Å². The molecule has 0 saturated heterocycles. The highest BCUT2D eigenvalue weighted by Gasteiger charge is 2.12. The van der Waals surface area contributed by atoms with Crippen LogP contribution >= 0.6 is 12.4 Å². The van der Waals surface area contributed by atoms with E-state index in [1.165, 1.54) is 5.56 Å². The van der Waals surface area contributed by atoms with Gasteiger partial charge in [0.05, 0.1) is 6.33 Å². The fourth-order valence-corrected chi connectivity index (χ4v) is 2.09. The average Bonchev–Trinajstić information content (AvgIpc) is 3.08. The number of imidazole rings is 1. The molecule has 0 atom stereocenters. The van der Waals surface area contributed by atoms with Gasteiger partial charge in [0, 0.05) is 25.5 Å². The second-order valence-corrected chi connectivity index (χ2v) is 4.52. The van der Waals surface area contributed by atoms with Crippen molar-refractivity contribution in [2.45, 2.75) is 19.5 Å². The van der Waals surface area contributed by atoms with Crippen molar-refractivity contribution < 1.29 is 9.47 Å². The topological polar surface area (TPSA) is 48.3 Å². The van der Waals surface area contributed by atoms with Crippen LogP contribution in [0.4, 0.5) is 0 Å². The Hall–Kier alpha value is -1.72. The van der Waals surface area contributed by atoms with Crippen LogP contribution < -0.4 is 14.8 Å². The number of hydrogen-bond acceptors (Lipinski definition) is 4. The van der Waals surface area contributed by atoms with Crippen LogP contribution in [-0.4, -0.2) is 22.9 Å². The number of fused-ring (bicyclic) bond motifs is 1. The quantitative estimate of drug-likeness (QED) is 0.830. The number of nitrogens with one attached hydrogen (secondary N) is 1. The molecular formula is C14H18ClN3O2. The zero-order valence-electron chi connectivity index (χ0n) is 11.1. The number of aromatic nitrogens is 2. The molecule has 1 N–H and O–H groups in total. The molecule has 20 heavy (non-hydrogen) atoms. The highest BCUT2D eigenvalue weighted by Crippen LogP contribution is 2.32. The lowest BCUT2D eigenvalue weighted by Crippen LogP contribution is -2.16. The van der Waals surface area contributed by atoms with Gasteiger partial charge < -0.3 is 19.4 Å². The Morgan fingerprint density at radius 3 is 3.00 bits per heavy atom. The van der Waals surface area contributed by atoms with Gasteiger partial charge in [0.2, 0.25) is 6.79 Å². The predicted molar refractivity (Wildman–Crippen MR) is 78.4 cm³/mol. The van der Waals surface area contributed by atoms with Gasteiger partial charge in [-0.15, -0.1) is 12.4 Å². The SMILES string of the molecule is Cl.c1cn(CCCNCc2ccc3c(c2)OCO3)cn1. The Morgan fingerprint density at radius 2 is 2.15 bits per heavy atom. The van der Waals surface area contributed by atoms with Crippen molar-refractivity contribution in [2.75, 3.05) is 13.3 Å². The lowest BCUT2D eigenvalue weighted by atomic mass is 10.2. The Balaban J connectivity index is 0.00000147. The number of rotatable bonds is 6. The summed E-state index contributed by atoms with van der Waals surface area (Å²) < 4.78 is 12.7. The number of halogens is 1. The van der Waals surface area contributed by atoms with Crippen LogP contribution in [-0.2, 0) is 13.1 Å². The predicted octanol–water partition coefficient (Wildman–Crippen LogP) is 2.21. The van der Waals surface area contributed by atoms with Gasteiger partial charge in [0.15, 0.2) is 11.5 Å². The summed E-state index contributed by atoms with van der Waals surface area (Å²) in [4.78, 5) is 4.02. The summed E-state index contributed by atoms with van der Waals surface area (Å²) in [5.74, 6) is 1.68. The number of hydrogen-bond donors (Lipinski definition) is 1. The summed E-state index contributed by atoms with van der Waals surface area (Å²) in [6.45, 7) is 3.15. The van der Waals surface area contributed by atoms with Crippen molar-refractivity contribution in [1.29, 1.82) is 0 Å². The highest BCUT2D eigenvalue weighted by molar-refractivity contribution is 5.85. The third-order valence-corrected chi connectivity index (χ3v) is 3.10. The third-order valence-electron chi connectivity index (χ3n) is 3.10. The van der Waals surface area contributed by atoms with Crippen LogP contribution in [0.3, 0.4) is 0 Å². The molecule has 1 aromatic carbocycles. The first kappa shape index (κ1) is 14.7.